The number of esters is 2. The van der Waals surface area contributed by atoms with Crippen LogP contribution >= 0.6 is 0 Å². The number of likely N-dealkylation sites (N-methyl/N-ethyl adjacent to an activating group) is 1. The Bertz CT molecular complexity index is 1650. The largest absolute Gasteiger partial charge is 0.507 e. The molecule has 0 radical (unpaired) electrons. The summed E-state index contributed by atoms with van der Waals surface area (Å²) in [6, 6.07) is 13.3. The summed E-state index contributed by atoms with van der Waals surface area (Å²) in [6.45, 7) is 9.62. The molecule has 15 heteroatoms. The highest BCUT2D eigenvalue weighted by atomic mass is 16.6. The van der Waals surface area contributed by atoms with Crippen LogP contribution in [0.1, 0.15) is 51.7 Å². The van der Waals surface area contributed by atoms with Gasteiger partial charge in [0.2, 0.25) is 0 Å². The molecular formula is C37H47N5O10. The van der Waals surface area contributed by atoms with Gasteiger partial charge in [-0.1, -0.05) is 0 Å². The number of phenols is 2. The first-order valence-electron chi connectivity index (χ1n) is 17.0. The van der Waals surface area contributed by atoms with E-state index in [0.29, 0.717) is 50.3 Å². The summed E-state index contributed by atoms with van der Waals surface area (Å²) < 4.78 is 20.2. The molecule has 0 saturated carbocycles. The number of carbonyl (C=O) groups excluding carboxylic acids is 3. The highest BCUT2D eigenvalue weighted by Gasteiger charge is 2.15. The molecule has 0 aliphatic carbocycles. The lowest BCUT2D eigenvalue weighted by atomic mass is 10.1. The van der Waals surface area contributed by atoms with E-state index >= 15 is 0 Å². The van der Waals surface area contributed by atoms with Crippen LogP contribution in [-0.4, -0.2) is 98.8 Å². The van der Waals surface area contributed by atoms with Gasteiger partial charge in [0, 0.05) is 67.4 Å². The van der Waals surface area contributed by atoms with Crippen LogP contribution in [0.5, 0.6) is 11.5 Å². The third-order valence-corrected chi connectivity index (χ3v) is 7.51. The number of ether oxygens (including phenoxy) is 4. The van der Waals surface area contributed by atoms with Crippen molar-refractivity contribution in [2.24, 2.45) is 0 Å². The number of alkyl carbamates (subject to hydrolysis) is 1. The number of amides is 1. The van der Waals surface area contributed by atoms with Crippen LogP contribution in [0.25, 0.3) is 12.2 Å². The van der Waals surface area contributed by atoms with Gasteiger partial charge in [0.1, 0.15) is 41.4 Å². The molecule has 0 heterocycles. The van der Waals surface area contributed by atoms with E-state index in [1.165, 1.54) is 24.3 Å². The van der Waals surface area contributed by atoms with Gasteiger partial charge in [-0.2, -0.15) is 10.5 Å². The van der Waals surface area contributed by atoms with Crippen molar-refractivity contribution in [2.45, 2.75) is 46.8 Å². The molecule has 2 aromatic carbocycles. The Balaban J connectivity index is 1.74. The van der Waals surface area contributed by atoms with Crippen molar-refractivity contribution in [2.75, 3.05) is 69.0 Å². The van der Waals surface area contributed by atoms with Crippen molar-refractivity contribution in [3.05, 3.63) is 58.7 Å². The maximum absolute atomic E-state index is 12.2. The Morgan fingerprint density at radius 1 is 0.788 bits per heavy atom. The minimum absolute atomic E-state index is 0.0176. The highest BCUT2D eigenvalue weighted by molar-refractivity contribution is 5.99. The molecule has 0 bridgehead atoms. The number of carbonyl (C=O) groups is 3. The average Bonchev–Trinajstić information content (AvgIpc) is 3.13. The van der Waals surface area contributed by atoms with Crippen molar-refractivity contribution >= 4 is 41.6 Å². The number of aliphatic hydroxyl groups is 1. The van der Waals surface area contributed by atoms with Crippen LogP contribution in [0.4, 0.5) is 16.2 Å². The molecular weight excluding hydrogens is 674 g/mol. The van der Waals surface area contributed by atoms with Gasteiger partial charge < -0.3 is 49.4 Å². The molecule has 2 aromatic rings. The molecule has 0 aliphatic rings. The zero-order valence-corrected chi connectivity index (χ0v) is 30.0. The van der Waals surface area contributed by atoms with E-state index in [9.17, 15) is 40.2 Å². The van der Waals surface area contributed by atoms with Gasteiger partial charge >= 0.3 is 18.0 Å². The Labute approximate surface area is 303 Å². The molecule has 0 aromatic heterocycles. The summed E-state index contributed by atoms with van der Waals surface area (Å²) in [5, 5.41) is 52.4. The first-order chi connectivity index (χ1) is 25.0. The Morgan fingerprint density at radius 2 is 1.29 bits per heavy atom. The maximum atomic E-state index is 12.2. The molecule has 0 spiro atoms. The lowest BCUT2D eigenvalue weighted by Crippen LogP contribution is -2.35. The Morgan fingerprint density at radius 3 is 1.73 bits per heavy atom. The number of hydrogen-bond acceptors (Lipinski definition) is 14. The first kappa shape index (κ1) is 42.4. The van der Waals surface area contributed by atoms with Crippen molar-refractivity contribution in [1.82, 2.24) is 5.32 Å². The monoisotopic (exact) mass is 721 g/mol. The number of anilines is 2. The fraction of sp³-hybridized carbons (Fsp3) is 0.432. The highest BCUT2D eigenvalue weighted by Crippen LogP contribution is 2.28. The zero-order valence-electron chi connectivity index (χ0n) is 30.0. The molecule has 15 nitrogen and oxygen atoms in total. The average molecular weight is 722 g/mol. The number of benzene rings is 2. The normalized spacial score (nSPS) is 11.8. The molecule has 280 valence electrons. The van der Waals surface area contributed by atoms with Crippen molar-refractivity contribution < 1.29 is 48.7 Å². The zero-order chi connectivity index (χ0) is 38.5. The van der Waals surface area contributed by atoms with Gasteiger partial charge in [0.05, 0.1) is 19.8 Å². The second-order valence-corrected chi connectivity index (χ2v) is 11.0. The summed E-state index contributed by atoms with van der Waals surface area (Å²) in [7, 11) is 0. The van der Waals surface area contributed by atoms with Gasteiger partial charge in [-0.25, -0.2) is 14.4 Å². The summed E-state index contributed by atoms with van der Waals surface area (Å²) in [5.74, 6) is -1.77. The molecule has 1 amide bonds. The maximum Gasteiger partial charge on any atom is 0.407 e. The standard InChI is InChI=1S/C37H47N5O10/c1-5-41(30-13-11-26(32(43)22-30)20-28(24-38)35(46)49-7-3)16-9-10-34(45)51-18-19-52-37(48)40-15-17-42(6-2)31-14-12-27(33(44)23-31)21-29(25-39)36(47)50-8-4/h11-14,20-23,34,43-45H,5-10,15-19H2,1-4H3,(H,40,48)/b28-20+,29-21+. The summed E-state index contributed by atoms with van der Waals surface area (Å²) in [4.78, 5) is 39.8. The van der Waals surface area contributed by atoms with E-state index in [1.54, 1.807) is 50.3 Å². The Kier molecular flexibility index (Phi) is 18.6. The first-order valence-corrected chi connectivity index (χ1v) is 17.0. The second-order valence-electron chi connectivity index (χ2n) is 11.0. The van der Waals surface area contributed by atoms with Gasteiger partial charge in [-0.15, -0.1) is 0 Å². The fourth-order valence-corrected chi connectivity index (χ4v) is 4.85. The topological polar surface area (TPSA) is 215 Å². The van der Waals surface area contributed by atoms with Gasteiger partial charge in [-0.3, -0.25) is 0 Å². The SMILES string of the molecule is CCOC(=O)/C(C#N)=C/c1ccc(N(CC)CCCC(O)OCCOC(=O)NCCN(CC)c2ccc(/C=C(\C#N)C(=O)OCC)c(O)c2)cc1O. The molecule has 2 rings (SSSR count). The number of phenolic OH excluding ortho intramolecular Hbond substituents is 2. The summed E-state index contributed by atoms with van der Waals surface area (Å²) in [5.41, 5.74) is 1.51. The fourth-order valence-electron chi connectivity index (χ4n) is 4.85. The van der Waals surface area contributed by atoms with Crippen molar-refractivity contribution in [3.8, 4) is 23.6 Å². The Hall–Kier alpha value is -5.77. The van der Waals surface area contributed by atoms with Crippen molar-refractivity contribution in [1.29, 1.82) is 10.5 Å². The van der Waals surface area contributed by atoms with Crippen LogP contribution in [-0.2, 0) is 28.5 Å². The third-order valence-electron chi connectivity index (χ3n) is 7.51. The third kappa shape index (κ3) is 13.9. The van der Waals surface area contributed by atoms with Gasteiger partial charge in [-0.05, 0) is 77.0 Å². The lowest BCUT2D eigenvalue weighted by molar-refractivity contribution is -0.138. The van der Waals surface area contributed by atoms with E-state index < -0.39 is 24.3 Å². The molecule has 0 fully saturated rings. The van der Waals surface area contributed by atoms with Gasteiger partial charge in [0.15, 0.2) is 6.29 Å². The van der Waals surface area contributed by atoms with E-state index in [1.807, 2.05) is 23.6 Å². The van der Waals surface area contributed by atoms with E-state index in [4.69, 9.17) is 18.9 Å². The molecule has 0 aliphatic heterocycles. The number of nitriles is 2. The molecule has 1 unspecified atom stereocenters. The van der Waals surface area contributed by atoms with E-state index in [0.717, 1.165) is 5.69 Å². The summed E-state index contributed by atoms with van der Waals surface area (Å²) >= 11 is 0. The van der Waals surface area contributed by atoms with E-state index in [2.05, 4.69) is 5.32 Å². The predicted octanol–water partition coefficient (Wildman–Crippen LogP) is 4.23. The van der Waals surface area contributed by atoms with Crippen LogP contribution in [0.3, 0.4) is 0 Å². The summed E-state index contributed by atoms with van der Waals surface area (Å²) in [6.07, 6.45) is 1.66. The number of nitrogens with zero attached hydrogens (tertiary/aromatic N) is 4. The number of hydrogen-bond donors (Lipinski definition) is 4. The second kappa shape index (κ2) is 22.8. The quantitative estimate of drug-likeness (QED) is 0.0355. The molecule has 4 N–H and O–H groups in total. The smallest absolute Gasteiger partial charge is 0.407 e. The minimum Gasteiger partial charge on any atom is -0.507 e. The predicted molar refractivity (Wildman–Crippen MR) is 193 cm³/mol. The van der Waals surface area contributed by atoms with Crippen LogP contribution in [0, 0.1) is 22.7 Å². The van der Waals surface area contributed by atoms with Crippen molar-refractivity contribution in [3.63, 3.8) is 0 Å². The number of aromatic hydroxyl groups is 2. The van der Waals surface area contributed by atoms with Crippen LogP contribution < -0.4 is 15.1 Å². The molecule has 52 heavy (non-hydrogen) atoms. The number of aliphatic hydroxyl groups excluding tert-OH is 1. The van der Waals surface area contributed by atoms with Gasteiger partial charge in [0.25, 0.3) is 0 Å². The number of nitrogens with one attached hydrogen (secondary N) is 1. The van der Waals surface area contributed by atoms with E-state index in [-0.39, 0.29) is 61.2 Å². The number of rotatable bonds is 21. The van der Waals surface area contributed by atoms with Crippen LogP contribution in [0.15, 0.2) is 47.5 Å². The lowest BCUT2D eigenvalue weighted by Gasteiger charge is -2.24. The minimum atomic E-state index is -1.08. The molecule has 1 atom stereocenters. The molecule has 0 saturated heterocycles. The van der Waals surface area contributed by atoms with Crippen LogP contribution in [0.2, 0.25) is 0 Å².